The number of esters is 1. The van der Waals surface area contributed by atoms with Crippen LogP contribution in [0.15, 0.2) is 35.0 Å². The van der Waals surface area contributed by atoms with Crippen molar-refractivity contribution in [1.29, 1.82) is 0 Å². The van der Waals surface area contributed by atoms with Crippen molar-refractivity contribution >= 4 is 18.0 Å². The molecule has 28 heavy (non-hydrogen) atoms. The average Bonchev–Trinajstić information content (AvgIpc) is 3.27. The molecule has 2 heterocycles. The Morgan fingerprint density at radius 2 is 2.21 bits per heavy atom. The fraction of sp³-hybridized carbons (Fsp3) is 0.429. The Morgan fingerprint density at radius 3 is 2.86 bits per heavy atom. The number of phenols is 1. The van der Waals surface area contributed by atoms with Crippen molar-refractivity contribution < 1.29 is 28.9 Å². The number of aromatic hydroxyl groups is 1. The number of rotatable bonds is 6. The van der Waals surface area contributed by atoms with E-state index in [4.69, 9.17) is 14.2 Å². The predicted molar refractivity (Wildman–Crippen MR) is 103 cm³/mol. The molecule has 1 N–H and O–H groups in total. The number of carbonyl (C=O) groups excluding carboxylic acids is 2. The van der Waals surface area contributed by atoms with Crippen molar-refractivity contribution in [3.63, 3.8) is 0 Å². The Balaban J connectivity index is 1.98. The smallest absolute Gasteiger partial charge is 0.340 e. The minimum absolute atomic E-state index is 0.0154. The van der Waals surface area contributed by atoms with Crippen LogP contribution in [0.3, 0.4) is 0 Å². The molecule has 0 bridgehead atoms. The molecule has 0 aromatic heterocycles. The molecule has 7 nitrogen and oxygen atoms in total. The van der Waals surface area contributed by atoms with Gasteiger partial charge in [0, 0.05) is 12.3 Å². The summed E-state index contributed by atoms with van der Waals surface area (Å²) in [5.74, 6) is -0.490. The maximum atomic E-state index is 13.1. The van der Waals surface area contributed by atoms with E-state index in [-0.39, 0.29) is 28.9 Å². The number of allylic oxidation sites excluding steroid dienone is 1. The molecule has 0 radical (unpaired) electrons. The third kappa shape index (κ3) is 3.89. The Labute approximate surface area is 164 Å². The highest BCUT2D eigenvalue weighted by atomic mass is 16.5. The number of hydrogen-bond acceptors (Lipinski definition) is 6. The maximum absolute atomic E-state index is 13.1. The molecule has 0 saturated carbocycles. The van der Waals surface area contributed by atoms with Crippen molar-refractivity contribution in [2.45, 2.75) is 32.8 Å². The van der Waals surface area contributed by atoms with Crippen LogP contribution in [0.1, 0.15) is 32.3 Å². The summed E-state index contributed by atoms with van der Waals surface area (Å²) in [6, 6.07) is 4.78. The molecule has 1 amide bonds. The average molecular weight is 387 g/mol. The van der Waals surface area contributed by atoms with E-state index in [9.17, 15) is 14.7 Å². The van der Waals surface area contributed by atoms with E-state index < -0.39 is 5.97 Å². The monoisotopic (exact) mass is 387 g/mol. The van der Waals surface area contributed by atoms with Crippen LogP contribution in [0, 0.1) is 0 Å². The molecule has 0 aliphatic carbocycles. The maximum Gasteiger partial charge on any atom is 0.340 e. The number of carbonyl (C=O) groups is 2. The molecule has 150 valence electrons. The Kier molecular flexibility index (Phi) is 6.04. The summed E-state index contributed by atoms with van der Waals surface area (Å²) in [5, 5.41) is 9.88. The van der Waals surface area contributed by atoms with Crippen molar-refractivity contribution in [3.05, 3.63) is 40.6 Å². The van der Waals surface area contributed by atoms with Crippen LogP contribution in [-0.4, -0.2) is 54.9 Å². The Hall–Kier alpha value is -2.80. The van der Waals surface area contributed by atoms with Gasteiger partial charge in [0.05, 0.1) is 37.5 Å². The molecular weight excluding hydrogens is 362 g/mol. The first-order chi connectivity index (χ1) is 13.5. The zero-order chi connectivity index (χ0) is 20.3. The van der Waals surface area contributed by atoms with Crippen LogP contribution in [0.4, 0.5) is 0 Å². The van der Waals surface area contributed by atoms with Gasteiger partial charge in [0.1, 0.15) is 0 Å². The topological polar surface area (TPSA) is 85.3 Å². The molecule has 3 rings (SSSR count). The highest BCUT2D eigenvalue weighted by Gasteiger charge is 2.38. The number of nitrogens with zero attached hydrogens (tertiary/aromatic N) is 1. The molecule has 1 atom stereocenters. The highest BCUT2D eigenvalue weighted by molar-refractivity contribution is 6.16. The van der Waals surface area contributed by atoms with Crippen molar-refractivity contribution in [2.24, 2.45) is 0 Å². The van der Waals surface area contributed by atoms with Crippen molar-refractivity contribution in [1.82, 2.24) is 4.90 Å². The first kappa shape index (κ1) is 19.9. The van der Waals surface area contributed by atoms with Gasteiger partial charge in [-0.1, -0.05) is 6.07 Å². The summed E-state index contributed by atoms with van der Waals surface area (Å²) < 4.78 is 16.0. The summed E-state index contributed by atoms with van der Waals surface area (Å²) in [5.41, 5.74) is 1.70. The zero-order valence-electron chi connectivity index (χ0n) is 16.4. The van der Waals surface area contributed by atoms with Gasteiger partial charge in [-0.25, -0.2) is 4.79 Å². The zero-order valence-corrected chi connectivity index (χ0v) is 16.4. The van der Waals surface area contributed by atoms with Crippen molar-refractivity contribution in [3.8, 4) is 11.5 Å². The molecule has 1 aromatic rings. The second-order valence-corrected chi connectivity index (χ2v) is 6.72. The van der Waals surface area contributed by atoms with Crippen LogP contribution in [-0.2, 0) is 19.1 Å². The highest BCUT2D eigenvalue weighted by Crippen LogP contribution is 2.34. The minimum atomic E-state index is -0.559. The van der Waals surface area contributed by atoms with E-state index >= 15 is 0 Å². The minimum Gasteiger partial charge on any atom is -0.504 e. The second kappa shape index (κ2) is 8.48. The molecule has 1 fully saturated rings. The Morgan fingerprint density at radius 1 is 1.43 bits per heavy atom. The molecule has 2 aliphatic heterocycles. The number of benzene rings is 1. The third-order valence-electron chi connectivity index (χ3n) is 4.91. The van der Waals surface area contributed by atoms with E-state index in [1.165, 1.54) is 13.2 Å². The van der Waals surface area contributed by atoms with Gasteiger partial charge in [-0.3, -0.25) is 4.79 Å². The van der Waals surface area contributed by atoms with Gasteiger partial charge >= 0.3 is 5.97 Å². The first-order valence-electron chi connectivity index (χ1n) is 9.36. The van der Waals surface area contributed by atoms with Gasteiger partial charge in [0.25, 0.3) is 5.91 Å². The third-order valence-corrected chi connectivity index (χ3v) is 4.91. The lowest BCUT2D eigenvalue weighted by atomic mass is 10.0. The van der Waals surface area contributed by atoms with Gasteiger partial charge in [-0.15, -0.1) is 0 Å². The van der Waals surface area contributed by atoms with Gasteiger partial charge in [0.15, 0.2) is 11.5 Å². The van der Waals surface area contributed by atoms with E-state index in [1.54, 1.807) is 30.0 Å². The second-order valence-electron chi connectivity index (χ2n) is 6.72. The molecule has 1 saturated heterocycles. The van der Waals surface area contributed by atoms with Gasteiger partial charge in [-0.05, 0) is 50.5 Å². The summed E-state index contributed by atoms with van der Waals surface area (Å²) in [6.45, 7) is 5.05. The molecule has 1 aromatic carbocycles. The Bertz CT molecular complexity index is 835. The molecule has 2 aliphatic rings. The van der Waals surface area contributed by atoms with Crippen molar-refractivity contribution in [2.75, 3.05) is 26.9 Å². The number of phenolic OH excluding ortho intramolecular Hbond substituents is 1. The normalized spacial score (nSPS) is 21.0. The van der Waals surface area contributed by atoms with Crippen LogP contribution < -0.4 is 4.74 Å². The van der Waals surface area contributed by atoms with E-state index in [2.05, 4.69) is 0 Å². The quantitative estimate of drug-likeness (QED) is 0.597. The summed E-state index contributed by atoms with van der Waals surface area (Å²) >= 11 is 0. The fourth-order valence-corrected chi connectivity index (χ4v) is 3.50. The predicted octanol–water partition coefficient (Wildman–Crippen LogP) is 2.64. The number of hydrogen-bond donors (Lipinski definition) is 1. The summed E-state index contributed by atoms with van der Waals surface area (Å²) in [7, 11) is 1.29. The number of amides is 1. The summed E-state index contributed by atoms with van der Waals surface area (Å²) in [6.07, 6.45) is 3.44. The first-order valence-corrected chi connectivity index (χ1v) is 9.36. The molecule has 7 heteroatoms. The number of ether oxygens (including phenoxy) is 3. The van der Waals surface area contributed by atoms with E-state index in [1.807, 2.05) is 6.92 Å². The SMILES string of the molecule is CCOc1cc(/C=C2/C(=O)N(C[C@H]3CCCO3)C(C)=C2C(=O)OC)ccc1O. The van der Waals surface area contributed by atoms with Gasteiger partial charge in [-0.2, -0.15) is 0 Å². The van der Waals surface area contributed by atoms with Gasteiger partial charge in [0.2, 0.25) is 0 Å². The summed E-state index contributed by atoms with van der Waals surface area (Å²) in [4.78, 5) is 27.1. The lowest BCUT2D eigenvalue weighted by molar-refractivity contribution is -0.136. The van der Waals surface area contributed by atoms with E-state index in [0.29, 0.717) is 36.8 Å². The number of methoxy groups -OCH3 is 1. The molecule has 0 unspecified atom stereocenters. The largest absolute Gasteiger partial charge is 0.504 e. The van der Waals surface area contributed by atoms with Crippen LogP contribution in [0.25, 0.3) is 6.08 Å². The van der Waals surface area contributed by atoms with Gasteiger partial charge < -0.3 is 24.2 Å². The lowest BCUT2D eigenvalue weighted by Gasteiger charge is -2.21. The van der Waals surface area contributed by atoms with E-state index in [0.717, 1.165) is 12.8 Å². The fourth-order valence-electron chi connectivity index (χ4n) is 3.50. The standard InChI is InChI=1S/C21H25NO6/c1-4-27-18-11-14(7-8-17(18)23)10-16-19(21(25)26-3)13(2)22(20(16)24)12-15-6-5-9-28-15/h7-8,10-11,15,23H,4-6,9,12H2,1-3H3/b16-10+/t15-/m1/s1. The van der Waals surface area contributed by atoms with Crippen LogP contribution in [0.5, 0.6) is 11.5 Å². The molecule has 0 spiro atoms. The van der Waals surface area contributed by atoms with Crippen LogP contribution >= 0.6 is 0 Å². The van der Waals surface area contributed by atoms with Crippen LogP contribution in [0.2, 0.25) is 0 Å². The molecular formula is C21H25NO6. The lowest BCUT2D eigenvalue weighted by Crippen LogP contribution is -2.33.